The van der Waals surface area contributed by atoms with Gasteiger partial charge in [0.05, 0.1) is 6.10 Å². The number of rotatable bonds is 1. The molecule has 2 aromatic carbocycles. The van der Waals surface area contributed by atoms with Crippen molar-refractivity contribution in [1.82, 2.24) is 0 Å². The number of Topliss-reactive ketones (excluding diaryl/α,β-unsaturated/α-hetero) is 3. The molecule has 25 heavy (non-hydrogen) atoms. The van der Waals surface area contributed by atoms with Gasteiger partial charge in [-0.2, -0.15) is 0 Å². The van der Waals surface area contributed by atoms with Crippen LogP contribution in [0.25, 0.3) is 10.8 Å². The Morgan fingerprint density at radius 2 is 1.64 bits per heavy atom. The highest BCUT2D eigenvalue weighted by atomic mass is 16.3. The molecule has 2 aromatic rings. The lowest BCUT2D eigenvalue weighted by Gasteiger charge is -2.37. The van der Waals surface area contributed by atoms with Crippen LogP contribution < -0.4 is 0 Å². The van der Waals surface area contributed by atoms with Crippen molar-refractivity contribution in [3.05, 3.63) is 58.7 Å². The molecular weight excluding hydrogens is 320 g/mol. The van der Waals surface area contributed by atoms with Crippen molar-refractivity contribution in [1.29, 1.82) is 0 Å². The van der Waals surface area contributed by atoms with E-state index in [0.29, 0.717) is 0 Å². The minimum absolute atomic E-state index is 0.0127. The maximum absolute atomic E-state index is 13.0. The number of aliphatic hydroxyl groups is 2. The van der Waals surface area contributed by atoms with Gasteiger partial charge in [0.1, 0.15) is 5.60 Å². The summed E-state index contributed by atoms with van der Waals surface area (Å²) in [5.41, 5.74) is -1.25. The summed E-state index contributed by atoms with van der Waals surface area (Å²) in [7, 11) is 0. The van der Waals surface area contributed by atoms with E-state index < -0.39 is 29.1 Å². The number of hydrogen-bond donors (Lipinski definition) is 2. The topological polar surface area (TPSA) is 91.7 Å². The molecule has 2 atom stereocenters. The number of carbonyl (C=O) groups is 3. The zero-order valence-electron chi connectivity index (χ0n) is 13.6. The summed E-state index contributed by atoms with van der Waals surface area (Å²) in [6.07, 6.45) is -1.86. The highest BCUT2D eigenvalue weighted by Crippen LogP contribution is 2.41. The van der Waals surface area contributed by atoms with Crippen LogP contribution in [0.1, 0.15) is 40.5 Å². The van der Waals surface area contributed by atoms with Crippen molar-refractivity contribution in [3.8, 4) is 0 Å². The van der Waals surface area contributed by atoms with Gasteiger partial charge < -0.3 is 10.2 Å². The van der Waals surface area contributed by atoms with E-state index in [0.717, 1.165) is 10.8 Å². The predicted molar refractivity (Wildman–Crippen MR) is 90.5 cm³/mol. The molecule has 0 fully saturated rings. The molecule has 4 rings (SSSR count). The zero-order chi connectivity index (χ0) is 17.9. The van der Waals surface area contributed by atoms with E-state index in [9.17, 15) is 24.6 Å². The van der Waals surface area contributed by atoms with Gasteiger partial charge in [-0.3, -0.25) is 14.4 Å². The lowest BCUT2D eigenvalue weighted by molar-refractivity contribution is -0.138. The predicted octanol–water partition coefficient (Wildman–Crippen LogP) is 1.99. The van der Waals surface area contributed by atoms with Gasteiger partial charge in [0, 0.05) is 35.1 Å². The molecule has 0 aromatic heterocycles. The van der Waals surface area contributed by atoms with Gasteiger partial charge in [0.25, 0.3) is 0 Å². The minimum atomic E-state index is -1.82. The van der Waals surface area contributed by atoms with E-state index in [4.69, 9.17) is 0 Å². The van der Waals surface area contributed by atoms with E-state index in [1.165, 1.54) is 6.92 Å². The standard InChI is InChI=1S/C20H16O5/c1-10(21)20(25)8-15-17(16(22)9-20)19(24)14-7-12-5-3-2-4-11(12)6-13(14)18(15)23/h2-7,16,22,25H,8-9H2,1H3/t16-,20?/m0/s1. The summed E-state index contributed by atoms with van der Waals surface area (Å²) in [4.78, 5) is 37.6. The van der Waals surface area contributed by atoms with Gasteiger partial charge in [-0.15, -0.1) is 0 Å². The second-order valence-electron chi connectivity index (χ2n) is 6.78. The minimum Gasteiger partial charge on any atom is -0.388 e. The number of fused-ring (bicyclic) bond motifs is 2. The average molecular weight is 336 g/mol. The van der Waals surface area contributed by atoms with E-state index in [1.54, 1.807) is 12.1 Å². The Morgan fingerprint density at radius 1 is 1.08 bits per heavy atom. The Kier molecular flexibility index (Phi) is 3.29. The maximum atomic E-state index is 13.0. The molecule has 0 radical (unpaired) electrons. The van der Waals surface area contributed by atoms with Crippen molar-refractivity contribution >= 4 is 28.1 Å². The van der Waals surface area contributed by atoms with Crippen molar-refractivity contribution in [3.63, 3.8) is 0 Å². The Labute approximate surface area is 143 Å². The molecule has 0 bridgehead atoms. The lowest BCUT2D eigenvalue weighted by atomic mass is 9.69. The lowest BCUT2D eigenvalue weighted by Crippen LogP contribution is -2.48. The number of aliphatic hydroxyl groups excluding tert-OH is 1. The van der Waals surface area contributed by atoms with Gasteiger partial charge in [-0.05, 0) is 29.8 Å². The Bertz CT molecular complexity index is 1000. The molecule has 1 unspecified atom stereocenters. The third kappa shape index (κ3) is 2.20. The van der Waals surface area contributed by atoms with Crippen molar-refractivity contribution < 1.29 is 24.6 Å². The highest BCUT2D eigenvalue weighted by molar-refractivity contribution is 6.29. The summed E-state index contributed by atoms with van der Waals surface area (Å²) in [6.45, 7) is 1.22. The summed E-state index contributed by atoms with van der Waals surface area (Å²) in [5, 5.41) is 22.5. The van der Waals surface area contributed by atoms with Gasteiger partial charge in [-0.1, -0.05) is 24.3 Å². The van der Waals surface area contributed by atoms with Gasteiger partial charge >= 0.3 is 0 Å². The second-order valence-corrected chi connectivity index (χ2v) is 6.78. The molecule has 0 heterocycles. The average Bonchev–Trinajstić information content (AvgIpc) is 2.57. The van der Waals surface area contributed by atoms with Crippen LogP contribution in [0, 0.1) is 0 Å². The van der Waals surface area contributed by atoms with Gasteiger partial charge in [0.2, 0.25) is 0 Å². The first-order valence-corrected chi connectivity index (χ1v) is 8.08. The first-order chi connectivity index (χ1) is 11.8. The van der Waals surface area contributed by atoms with Gasteiger partial charge in [-0.25, -0.2) is 0 Å². The van der Waals surface area contributed by atoms with Crippen molar-refractivity contribution in [2.75, 3.05) is 0 Å². The molecule has 0 saturated heterocycles. The second kappa shape index (κ2) is 5.18. The first-order valence-electron chi connectivity index (χ1n) is 8.08. The monoisotopic (exact) mass is 336 g/mol. The SMILES string of the molecule is CC(=O)C1(O)CC2=C(C(=O)c3cc4ccccc4cc3C2=O)[C@@H](O)C1. The van der Waals surface area contributed by atoms with E-state index in [-0.39, 0.29) is 35.1 Å². The van der Waals surface area contributed by atoms with Crippen LogP contribution >= 0.6 is 0 Å². The highest BCUT2D eigenvalue weighted by Gasteiger charge is 2.48. The van der Waals surface area contributed by atoms with Gasteiger partial charge in [0.15, 0.2) is 17.3 Å². The summed E-state index contributed by atoms with van der Waals surface area (Å²) in [5.74, 6) is -1.34. The fourth-order valence-electron chi connectivity index (χ4n) is 3.77. The molecule has 2 aliphatic rings. The van der Waals surface area contributed by atoms with Crippen molar-refractivity contribution in [2.45, 2.75) is 31.5 Å². The third-order valence-electron chi connectivity index (χ3n) is 5.21. The molecule has 0 saturated carbocycles. The van der Waals surface area contributed by atoms with Crippen LogP contribution in [-0.2, 0) is 4.79 Å². The summed E-state index contributed by atoms with van der Waals surface area (Å²) >= 11 is 0. The molecule has 2 aliphatic carbocycles. The largest absolute Gasteiger partial charge is 0.388 e. The normalized spacial score (nSPS) is 25.8. The maximum Gasteiger partial charge on any atom is 0.192 e. The number of hydrogen-bond acceptors (Lipinski definition) is 5. The molecule has 2 N–H and O–H groups in total. The van der Waals surface area contributed by atoms with Crippen LogP contribution in [0.15, 0.2) is 47.5 Å². The summed E-state index contributed by atoms with van der Waals surface area (Å²) in [6, 6.07) is 10.7. The summed E-state index contributed by atoms with van der Waals surface area (Å²) < 4.78 is 0. The third-order valence-corrected chi connectivity index (χ3v) is 5.21. The number of benzene rings is 2. The molecule has 126 valence electrons. The quantitative estimate of drug-likeness (QED) is 0.831. The number of ketones is 3. The van der Waals surface area contributed by atoms with Crippen LogP contribution in [0.2, 0.25) is 0 Å². The smallest absolute Gasteiger partial charge is 0.192 e. The number of carbonyl (C=O) groups excluding carboxylic acids is 3. The molecule has 0 aliphatic heterocycles. The van der Waals surface area contributed by atoms with Crippen molar-refractivity contribution in [2.24, 2.45) is 0 Å². The fraction of sp³-hybridized carbons (Fsp3) is 0.250. The molecule has 5 heteroatoms. The van der Waals surface area contributed by atoms with E-state index >= 15 is 0 Å². The van der Waals surface area contributed by atoms with Crippen LogP contribution in [0.3, 0.4) is 0 Å². The Balaban J connectivity index is 1.93. The fourth-order valence-corrected chi connectivity index (χ4v) is 3.77. The zero-order valence-corrected chi connectivity index (χ0v) is 13.6. The molecule has 5 nitrogen and oxygen atoms in total. The molecule has 0 spiro atoms. The van der Waals surface area contributed by atoms with E-state index in [2.05, 4.69) is 0 Å². The Hall–Kier alpha value is -2.63. The van der Waals surface area contributed by atoms with Crippen LogP contribution in [0.4, 0.5) is 0 Å². The van der Waals surface area contributed by atoms with E-state index in [1.807, 2.05) is 24.3 Å². The molecule has 0 amide bonds. The Morgan fingerprint density at radius 3 is 2.20 bits per heavy atom. The first kappa shape index (κ1) is 15.9. The molecular formula is C20H16O5. The van der Waals surface area contributed by atoms with Crippen LogP contribution in [0.5, 0.6) is 0 Å². The van der Waals surface area contributed by atoms with Crippen LogP contribution in [-0.4, -0.2) is 39.3 Å².